The zero-order valence-electron chi connectivity index (χ0n) is 13.0. The summed E-state index contributed by atoms with van der Waals surface area (Å²) in [4.78, 5) is 0. The summed E-state index contributed by atoms with van der Waals surface area (Å²) < 4.78 is 44.7. The van der Waals surface area contributed by atoms with Crippen LogP contribution < -0.4 is 0 Å². The Morgan fingerprint density at radius 3 is 2.19 bits per heavy atom. The Balaban J connectivity index is 3.07. The molecule has 0 spiro atoms. The van der Waals surface area contributed by atoms with E-state index in [0.29, 0.717) is 10.9 Å². The van der Waals surface area contributed by atoms with Gasteiger partial charge in [-0.15, -0.1) is 0 Å². The van der Waals surface area contributed by atoms with E-state index in [4.69, 9.17) is 4.43 Å². The number of hydrogen-bond donors (Lipinski definition) is 0. The Kier molecular flexibility index (Phi) is 5.72. The number of rotatable bonds is 4. The third kappa shape index (κ3) is 4.83. The molecule has 0 aromatic heterocycles. The van der Waals surface area contributed by atoms with E-state index in [1.807, 2.05) is 0 Å². The molecule has 0 fully saturated rings. The summed E-state index contributed by atoms with van der Waals surface area (Å²) in [5.41, 5.74) is -0.0729. The van der Waals surface area contributed by atoms with Gasteiger partial charge < -0.3 is 4.43 Å². The summed E-state index contributed by atoms with van der Waals surface area (Å²) in [5, 5.41) is 0.482. The molecule has 0 saturated heterocycles. The lowest BCUT2D eigenvalue weighted by Crippen LogP contribution is -2.42. The quantitative estimate of drug-likeness (QED) is 0.447. The monoisotopic (exact) mass is 382 g/mol. The largest absolute Gasteiger partial charge is 0.416 e. The van der Waals surface area contributed by atoms with E-state index >= 15 is 0 Å². The van der Waals surface area contributed by atoms with E-state index in [2.05, 4.69) is 49.8 Å². The van der Waals surface area contributed by atoms with E-state index in [1.165, 1.54) is 12.1 Å². The smallest absolute Gasteiger partial charge is 0.409 e. The first-order valence-corrected chi connectivity index (χ1v) is 10.8. The first kappa shape index (κ1) is 18.7. The highest BCUT2D eigenvalue weighted by Gasteiger charge is 2.39. The second-order valence-electron chi connectivity index (χ2n) is 6.64. The number of benzene rings is 1. The van der Waals surface area contributed by atoms with Gasteiger partial charge in [0.05, 0.1) is 11.7 Å². The Hall–Kier alpha value is -0.333. The second-order valence-corrected chi connectivity index (χ2v) is 12.0. The minimum Gasteiger partial charge on any atom is -0.409 e. The Bertz CT molecular complexity index is 481. The average Bonchev–Trinajstić information content (AvgIpc) is 2.33. The van der Waals surface area contributed by atoms with E-state index in [9.17, 15) is 13.2 Å². The fourth-order valence-electron chi connectivity index (χ4n) is 1.64. The third-order valence-electron chi connectivity index (χ3n) is 3.97. The van der Waals surface area contributed by atoms with Crippen molar-refractivity contribution in [1.82, 2.24) is 0 Å². The summed E-state index contributed by atoms with van der Waals surface area (Å²) in [6, 6.07) is 5.39. The van der Waals surface area contributed by atoms with Gasteiger partial charge in [-0.2, -0.15) is 13.2 Å². The van der Waals surface area contributed by atoms with Gasteiger partial charge in [-0.05, 0) is 35.8 Å². The molecule has 1 nitrogen and oxygen atoms in total. The molecule has 0 aliphatic carbocycles. The lowest BCUT2D eigenvalue weighted by molar-refractivity contribution is -0.137. The third-order valence-corrected chi connectivity index (χ3v) is 9.04. The predicted molar refractivity (Wildman–Crippen MR) is 86.3 cm³/mol. The normalized spacial score (nSPS) is 15.1. The second kappa shape index (κ2) is 6.42. The number of alkyl halides is 4. The highest BCUT2D eigenvalue weighted by atomic mass is 79.9. The van der Waals surface area contributed by atoms with Crippen molar-refractivity contribution in [3.8, 4) is 0 Å². The molecule has 0 aliphatic rings. The standard InChI is InChI=1S/C15H22BrF3OSi/c1-14(2,3)21(4,5)20-13(10-16)11-7-6-8-12(9-11)15(17,18)19/h6-9,13H,10H2,1-5H3. The van der Waals surface area contributed by atoms with Gasteiger partial charge in [-0.25, -0.2) is 0 Å². The maximum atomic E-state index is 12.8. The summed E-state index contributed by atoms with van der Waals surface area (Å²) in [6.45, 7) is 10.5. The Labute approximate surface area is 134 Å². The SMILES string of the molecule is CC(C)(C)[Si](C)(C)OC(CBr)c1cccc(C(F)(F)F)c1. The van der Waals surface area contributed by atoms with Crippen LogP contribution in [0.2, 0.25) is 18.1 Å². The van der Waals surface area contributed by atoms with Crippen LogP contribution in [0.5, 0.6) is 0 Å². The van der Waals surface area contributed by atoms with Gasteiger partial charge in [0.25, 0.3) is 0 Å². The summed E-state index contributed by atoms with van der Waals surface area (Å²) in [6.07, 6.45) is -4.70. The van der Waals surface area contributed by atoms with Crippen molar-refractivity contribution in [3.05, 3.63) is 35.4 Å². The van der Waals surface area contributed by atoms with Crippen molar-refractivity contribution in [2.24, 2.45) is 0 Å². The van der Waals surface area contributed by atoms with Crippen LogP contribution in [0.4, 0.5) is 13.2 Å². The topological polar surface area (TPSA) is 9.23 Å². The number of halogens is 4. The maximum Gasteiger partial charge on any atom is 0.416 e. The molecule has 0 saturated carbocycles. The van der Waals surface area contributed by atoms with Gasteiger partial charge in [0.15, 0.2) is 8.32 Å². The minimum atomic E-state index is -4.33. The molecule has 1 unspecified atom stereocenters. The molecule has 1 aromatic carbocycles. The van der Waals surface area contributed by atoms with Crippen LogP contribution in [-0.4, -0.2) is 13.6 Å². The fourth-order valence-corrected chi connectivity index (χ4v) is 3.67. The first-order valence-electron chi connectivity index (χ1n) is 6.79. The highest BCUT2D eigenvalue weighted by molar-refractivity contribution is 9.09. The van der Waals surface area contributed by atoms with Crippen LogP contribution in [0.1, 0.15) is 38.0 Å². The molecule has 0 heterocycles. The van der Waals surface area contributed by atoms with E-state index in [0.717, 1.165) is 6.07 Å². The van der Waals surface area contributed by atoms with Crippen LogP contribution in [-0.2, 0) is 10.6 Å². The molecule has 0 aliphatic heterocycles. The van der Waals surface area contributed by atoms with E-state index in [-0.39, 0.29) is 11.1 Å². The lowest BCUT2D eigenvalue weighted by atomic mass is 10.1. The van der Waals surface area contributed by atoms with Crippen molar-refractivity contribution in [3.63, 3.8) is 0 Å². The van der Waals surface area contributed by atoms with Gasteiger partial charge in [0.2, 0.25) is 0 Å². The highest BCUT2D eigenvalue weighted by Crippen LogP contribution is 2.40. The Morgan fingerprint density at radius 2 is 1.76 bits per heavy atom. The van der Waals surface area contributed by atoms with Crippen LogP contribution in [0.3, 0.4) is 0 Å². The maximum absolute atomic E-state index is 12.8. The number of hydrogen-bond acceptors (Lipinski definition) is 1. The average molecular weight is 383 g/mol. The van der Waals surface area contributed by atoms with Gasteiger partial charge in [-0.3, -0.25) is 0 Å². The zero-order chi connectivity index (χ0) is 16.5. The molecular formula is C15H22BrF3OSi. The molecule has 0 bridgehead atoms. The van der Waals surface area contributed by atoms with Crippen LogP contribution in [0.25, 0.3) is 0 Å². The van der Waals surface area contributed by atoms with Crippen molar-refractivity contribution in [2.75, 3.05) is 5.33 Å². The van der Waals surface area contributed by atoms with E-state index in [1.54, 1.807) is 6.07 Å². The van der Waals surface area contributed by atoms with Gasteiger partial charge in [0, 0.05) is 5.33 Å². The van der Waals surface area contributed by atoms with Crippen LogP contribution in [0, 0.1) is 0 Å². The molecule has 1 rings (SSSR count). The predicted octanol–water partition coefficient (Wildman–Crippen LogP) is 6.16. The molecule has 1 aromatic rings. The molecule has 6 heteroatoms. The van der Waals surface area contributed by atoms with Crippen LogP contribution in [0.15, 0.2) is 24.3 Å². The molecule has 21 heavy (non-hydrogen) atoms. The fraction of sp³-hybridized carbons (Fsp3) is 0.600. The van der Waals surface area contributed by atoms with Crippen molar-refractivity contribution in [1.29, 1.82) is 0 Å². The van der Waals surface area contributed by atoms with Crippen LogP contribution >= 0.6 is 15.9 Å². The van der Waals surface area contributed by atoms with Gasteiger partial charge in [-0.1, -0.05) is 48.8 Å². The molecular weight excluding hydrogens is 361 g/mol. The summed E-state index contributed by atoms with van der Waals surface area (Å²) in [7, 11) is -2.05. The van der Waals surface area contributed by atoms with Crippen molar-refractivity contribution in [2.45, 2.75) is 51.2 Å². The van der Waals surface area contributed by atoms with Crippen molar-refractivity contribution >= 4 is 24.2 Å². The minimum absolute atomic E-state index is 0.00899. The van der Waals surface area contributed by atoms with E-state index < -0.39 is 20.1 Å². The van der Waals surface area contributed by atoms with Crippen molar-refractivity contribution < 1.29 is 17.6 Å². The summed E-state index contributed by atoms with van der Waals surface area (Å²) >= 11 is 3.36. The first-order chi connectivity index (χ1) is 9.38. The molecule has 0 radical (unpaired) electrons. The molecule has 120 valence electrons. The molecule has 0 N–H and O–H groups in total. The van der Waals surface area contributed by atoms with Gasteiger partial charge >= 0.3 is 6.18 Å². The molecule has 0 amide bonds. The Morgan fingerprint density at radius 1 is 1.19 bits per heavy atom. The zero-order valence-corrected chi connectivity index (χ0v) is 15.6. The summed E-state index contributed by atoms with van der Waals surface area (Å²) in [5.74, 6) is 0. The lowest BCUT2D eigenvalue weighted by Gasteiger charge is -2.39. The van der Waals surface area contributed by atoms with Gasteiger partial charge in [0.1, 0.15) is 0 Å². The molecule has 1 atom stereocenters.